The maximum Gasteiger partial charge on any atom is 0.174 e. The van der Waals surface area contributed by atoms with Crippen LogP contribution in [0, 0.1) is 12.8 Å². The van der Waals surface area contributed by atoms with Crippen LogP contribution in [-0.4, -0.2) is 29.7 Å². The third-order valence-electron chi connectivity index (χ3n) is 6.10. The number of aryl methyl sites for hydroxylation is 1. The molecule has 1 fully saturated rings. The van der Waals surface area contributed by atoms with E-state index in [-0.39, 0.29) is 11.7 Å². The standard InChI is InChI=1S/C20H28O4/c1-6-10-19-16-13(4)7-8-15(23-5)17(16)24-18(19)14(21)9-11-20(19,22)12(2)3/h7-8,12,18,22H,6,9-11H2,1-5H3. The molecule has 0 spiro atoms. The Morgan fingerprint density at radius 3 is 2.71 bits per heavy atom. The van der Waals surface area contributed by atoms with E-state index in [1.807, 2.05) is 32.9 Å². The lowest BCUT2D eigenvalue weighted by Crippen LogP contribution is -2.65. The molecule has 132 valence electrons. The summed E-state index contributed by atoms with van der Waals surface area (Å²) < 4.78 is 11.7. The fraction of sp³-hybridized carbons (Fsp3) is 0.650. The Labute approximate surface area is 144 Å². The second-order valence-corrected chi connectivity index (χ2v) is 7.55. The second-order valence-electron chi connectivity index (χ2n) is 7.55. The van der Waals surface area contributed by atoms with Crippen LogP contribution < -0.4 is 9.47 Å². The fourth-order valence-corrected chi connectivity index (χ4v) is 4.97. The zero-order valence-electron chi connectivity index (χ0n) is 15.3. The monoisotopic (exact) mass is 332 g/mol. The molecule has 0 aromatic heterocycles. The Morgan fingerprint density at radius 2 is 2.12 bits per heavy atom. The van der Waals surface area contributed by atoms with E-state index in [1.165, 1.54) is 0 Å². The Kier molecular flexibility index (Phi) is 4.15. The number of methoxy groups -OCH3 is 1. The number of benzene rings is 1. The Bertz CT molecular complexity index is 666. The number of aliphatic hydroxyl groups is 1. The van der Waals surface area contributed by atoms with Crippen LogP contribution in [0.2, 0.25) is 0 Å². The first-order chi connectivity index (χ1) is 11.3. The van der Waals surface area contributed by atoms with Crippen LogP contribution in [0.5, 0.6) is 11.5 Å². The van der Waals surface area contributed by atoms with Gasteiger partial charge in [-0.15, -0.1) is 0 Å². The van der Waals surface area contributed by atoms with Crippen molar-refractivity contribution >= 4 is 5.78 Å². The van der Waals surface area contributed by atoms with Crippen molar-refractivity contribution in [1.29, 1.82) is 0 Å². The highest BCUT2D eigenvalue weighted by Gasteiger charge is 2.67. The molecule has 1 aliphatic carbocycles. The van der Waals surface area contributed by atoms with E-state index < -0.39 is 17.1 Å². The number of rotatable bonds is 4. The molecule has 1 heterocycles. The zero-order valence-corrected chi connectivity index (χ0v) is 15.3. The van der Waals surface area contributed by atoms with Gasteiger partial charge in [0.1, 0.15) is 0 Å². The first-order valence-corrected chi connectivity index (χ1v) is 8.93. The van der Waals surface area contributed by atoms with E-state index in [9.17, 15) is 9.90 Å². The predicted octanol–water partition coefficient (Wildman–Crippen LogP) is 3.55. The number of carbonyl (C=O) groups excluding carboxylic acids is 1. The molecule has 3 unspecified atom stereocenters. The first kappa shape index (κ1) is 17.3. The quantitative estimate of drug-likeness (QED) is 0.916. The SMILES string of the molecule is CCCC12c3c(C)ccc(OC)c3OC1C(=O)CCC2(O)C(C)C. The summed E-state index contributed by atoms with van der Waals surface area (Å²) in [4.78, 5) is 12.8. The average molecular weight is 332 g/mol. The Morgan fingerprint density at radius 1 is 1.42 bits per heavy atom. The lowest BCUT2D eigenvalue weighted by atomic mass is 9.53. The Hall–Kier alpha value is -1.55. The number of Topliss-reactive ketones (excluding diaryl/α,β-unsaturated/α-hetero) is 1. The number of ketones is 1. The van der Waals surface area contributed by atoms with Crippen molar-refractivity contribution in [1.82, 2.24) is 0 Å². The summed E-state index contributed by atoms with van der Waals surface area (Å²) >= 11 is 0. The van der Waals surface area contributed by atoms with Gasteiger partial charge in [-0.1, -0.05) is 33.3 Å². The van der Waals surface area contributed by atoms with Crippen molar-refractivity contribution in [3.05, 3.63) is 23.3 Å². The summed E-state index contributed by atoms with van der Waals surface area (Å²) in [5.41, 5.74) is 0.358. The van der Waals surface area contributed by atoms with Crippen LogP contribution in [0.3, 0.4) is 0 Å². The summed E-state index contributed by atoms with van der Waals surface area (Å²) in [6, 6.07) is 3.88. The largest absolute Gasteiger partial charge is 0.493 e. The average Bonchev–Trinajstić information content (AvgIpc) is 2.90. The van der Waals surface area contributed by atoms with Crippen molar-refractivity contribution < 1.29 is 19.4 Å². The van der Waals surface area contributed by atoms with Gasteiger partial charge in [-0.05, 0) is 37.3 Å². The van der Waals surface area contributed by atoms with E-state index in [4.69, 9.17) is 9.47 Å². The first-order valence-electron chi connectivity index (χ1n) is 8.93. The van der Waals surface area contributed by atoms with Crippen LogP contribution in [-0.2, 0) is 10.2 Å². The van der Waals surface area contributed by atoms with E-state index in [0.717, 1.165) is 24.0 Å². The highest BCUT2D eigenvalue weighted by Crippen LogP contribution is 2.61. The number of hydrogen-bond donors (Lipinski definition) is 1. The maximum atomic E-state index is 12.8. The molecule has 24 heavy (non-hydrogen) atoms. The zero-order chi connectivity index (χ0) is 17.7. The lowest BCUT2D eigenvalue weighted by molar-refractivity contribution is -0.160. The number of fused-ring (bicyclic) bond motifs is 3. The van der Waals surface area contributed by atoms with Gasteiger partial charge < -0.3 is 14.6 Å². The van der Waals surface area contributed by atoms with Gasteiger partial charge in [0.2, 0.25) is 0 Å². The van der Waals surface area contributed by atoms with Crippen LogP contribution in [0.1, 0.15) is 57.6 Å². The van der Waals surface area contributed by atoms with Gasteiger partial charge >= 0.3 is 0 Å². The molecule has 0 amide bonds. The predicted molar refractivity (Wildman–Crippen MR) is 92.8 cm³/mol. The van der Waals surface area contributed by atoms with Gasteiger partial charge in [0.05, 0.1) is 18.1 Å². The van der Waals surface area contributed by atoms with Crippen molar-refractivity contribution in [2.75, 3.05) is 7.11 Å². The molecular weight excluding hydrogens is 304 g/mol. The molecule has 0 saturated heterocycles. The van der Waals surface area contributed by atoms with Crippen LogP contribution in [0.25, 0.3) is 0 Å². The topological polar surface area (TPSA) is 55.8 Å². The number of hydrogen-bond acceptors (Lipinski definition) is 4. The summed E-state index contributed by atoms with van der Waals surface area (Å²) in [5, 5.41) is 11.8. The minimum atomic E-state index is -0.968. The highest BCUT2D eigenvalue weighted by atomic mass is 16.5. The molecule has 2 aliphatic rings. The molecule has 0 bridgehead atoms. The maximum absolute atomic E-state index is 12.8. The molecule has 4 nitrogen and oxygen atoms in total. The second kappa shape index (κ2) is 5.76. The molecule has 3 atom stereocenters. The van der Waals surface area contributed by atoms with Crippen LogP contribution in [0.4, 0.5) is 0 Å². The van der Waals surface area contributed by atoms with E-state index in [1.54, 1.807) is 7.11 Å². The van der Waals surface area contributed by atoms with Gasteiger partial charge in [0.15, 0.2) is 23.4 Å². The fourth-order valence-electron chi connectivity index (χ4n) is 4.97. The third kappa shape index (κ3) is 1.98. The van der Waals surface area contributed by atoms with Gasteiger partial charge in [-0.3, -0.25) is 4.79 Å². The molecule has 1 aliphatic heterocycles. The van der Waals surface area contributed by atoms with Crippen molar-refractivity contribution in [2.24, 2.45) is 5.92 Å². The molecular formula is C20H28O4. The summed E-state index contributed by atoms with van der Waals surface area (Å²) in [6.07, 6.45) is 1.82. The smallest absolute Gasteiger partial charge is 0.174 e. The Balaban J connectivity index is 2.35. The van der Waals surface area contributed by atoms with E-state index in [0.29, 0.717) is 24.3 Å². The third-order valence-corrected chi connectivity index (χ3v) is 6.10. The lowest BCUT2D eigenvalue weighted by Gasteiger charge is -2.53. The van der Waals surface area contributed by atoms with Crippen molar-refractivity contribution in [3.8, 4) is 11.5 Å². The van der Waals surface area contributed by atoms with Crippen molar-refractivity contribution in [3.63, 3.8) is 0 Å². The van der Waals surface area contributed by atoms with Crippen molar-refractivity contribution in [2.45, 2.75) is 70.5 Å². The molecule has 3 rings (SSSR count). The van der Waals surface area contributed by atoms with E-state index >= 15 is 0 Å². The number of ether oxygens (including phenoxy) is 2. The molecule has 1 saturated carbocycles. The minimum Gasteiger partial charge on any atom is -0.493 e. The van der Waals surface area contributed by atoms with Gasteiger partial charge in [0, 0.05) is 12.0 Å². The number of carbonyl (C=O) groups is 1. The normalized spacial score (nSPS) is 31.6. The van der Waals surface area contributed by atoms with Gasteiger partial charge in [0.25, 0.3) is 0 Å². The molecule has 1 N–H and O–H groups in total. The van der Waals surface area contributed by atoms with Crippen LogP contribution >= 0.6 is 0 Å². The molecule has 1 aromatic rings. The highest BCUT2D eigenvalue weighted by molar-refractivity contribution is 5.89. The molecule has 1 aromatic carbocycles. The molecule has 4 heteroatoms. The van der Waals surface area contributed by atoms with Crippen LogP contribution in [0.15, 0.2) is 12.1 Å². The summed E-state index contributed by atoms with van der Waals surface area (Å²) in [7, 11) is 1.61. The van der Waals surface area contributed by atoms with Gasteiger partial charge in [-0.25, -0.2) is 0 Å². The minimum absolute atomic E-state index is 0.0276. The van der Waals surface area contributed by atoms with E-state index in [2.05, 4.69) is 6.92 Å². The van der Waals surface area contributed by atoms with Gasteiger partial charge in [-0.2, -0.15) is 0 Å². The molecule has 0 radical (unpaired) electrons. The summed E-state index contributed by atoms with van der Waals surface area (Å²) in [6.45, 7) is 8.20. The summed E-state index contributed by atoms with van der Waals surface area (Å²) in [5.74, 6) is 1.40.